The Labute approximate surface area is 151 Å². The van der Waals surface area contributed by atoms with Gasteiger partial charge in [-0.2, -0.15) is 0 Å². The predicted molar refractivity (Wildman–Crippen MR) is 105 cm³/mol. The molecule has 0 bridgehead atoms. The molecule has 0 unspecified atom stereocenters. The molecule has 4 nitrogen and oxygen atoms in total. The van der Waals surface area contributed by atoms with Gasteiger partial charge in [0.15, 0.2) is 0 Å². The van der Waals surface area contributed by atoms with Crippen molar-refractivity contribution in [1.29, 1.82) is 0 Å². The van der Waals surface area contributed by atoms with Gasteiger partial charge in [-0.25, -0.2) is 9.78 Å². The first kappa shape index (κ1) is 16.1. The van der Waals surface area contributed by atoms with Crippen LogP contribution in [-0.2, 0) is 6.54 Å². The Morgan fingerprint density at radius 3 is 2.46 bits per heavy atom. The summed E-state index contributed by atoms with van der Waals surface area (Å²) in [5, 5.41) is 14.7. The average Bonchev–Trinajstić information content (AvgIpc) is 2.65. The number of carboxylic acid groups (broad SMARTS) is 1. The summed E-state index contributed by atoms with van der Waals surface area (Å²) in [4.78, 5) is 15.8. The molecule has 128 valence electrons. The number of pyridine rings is 1. The fraction of sp³-hybridized carbons (Fsp3) is 0.0909. The van der Waals surface area contributed by atoms with Gasteiger partial charge in [0, 0.05) is 17.3 Å². The molecule has 0 amide bonds. The lowest BCUT2D eigenvalue weighted by Gasteiger charge is -2.14. The second-order valence-electron chi connectivity index (χ2n) is 6.38. The van der Waals surface area contributed by atoms with E-state index in [0.29, 0.717) is 12.1 Å². The molecule has 1 aromatic heterocycles. The lowest BCUT2D eigenvalue weighted by molar-refractivity contribution is 0.0697. The quantitative estimate of drug-likeness (QED) is 0.512. The summed E-state index contributed by atoms with van der Waals surface area (Å²) in [7, 11) is 0. The second kappa shape index (κ2) is 6.48. The molecule has 0 saturated carbocycles. The minimum Gasteiger partial charge on any atom is -0.478 e. The Kier molecular flexibility index (Phi) is 4.01. The number of hydrogen-bond donors (Lipinski definition) is 2. The average molecular weight is 342 g/mol. The summed E-state index contributed by atoms with van der Waals surface area (Å²) in [6, 6.07) is 21.3. The van der Waals surface area contributed by atoms with Crippen molar-refractivity contribution in [3.8, 4) is 0 Å². The van der Waals surface area contributed by atoms with E-state index in [1.54, 1.807) is 12.1 Å². The van der Waals surface area contributed by atoms with Crippen molar-refractivity contribution >= 4 is 33.5 Å². The molecule has 4 rings (SSSR count). The number of anilines is 1. The van der Waals surface area contributed by atoms with Gasteiger partial charge in [0.25, 0.3) is 0 Å². The molecule has 0 aliphatic carbocycles. The van der Waals surface area contributed by atoms with Crippen molar-refractivity contribution in [3.63, 3.8) is 0 Å². The maximum atomic E-state index is 11.0. The number of benzene rings is 3. The Morgan fingerprint density at radius 2 is 1.69 bits per heavy atom. The highest BCUT2D eigenvalue weighted by molar-refractivity contribution is 6.07. The fourth-order valence-electron chi connectivity index (χ4n) is 3.15. The van der Waals surface area contributed by atoms with Crippen LogP contribution in [-0.4, -0.2) is 16.1 Å². The van der Waals surface area contributed by atoms with Crippen LogP contribution in [0, 0.1) is 6.92 Å². The van der Waals surface area contributed by atoms with Gasteiger partial charge in [0.05, 0.1) is 22.3 Å². The molecule has 4 aromatic rings. The van der Waals surface area contributed by atoms with E-state index in [9.17, 15) is 4.79 Å². The molecule has 4 heteroatoms. The Bertz CT molecular complexity index is 1120. The summed E-state index contributed by atoms with van der Waals surface area (Å²) >= 11 is 0. The van der Waals surface area contributed by atoms with Crippen LogP contribution in [0.1, 0.15) is 21.5 Å². The van der Waals surface area contributed by atoms with E-state index in [0.717, 1.165) is 33.1 Å². The zero-order valence-corrected chi connectivity index (χ0v) is 14.4. The second-order valence-corrected chi connectivity index (χ2v) is 6.38. The number of carboxylic acids is 1. The number of hydrogen-bond acceptors (Lipinski definition) is 3. The fourth-order valence-corrected chi connectivity index (χ4v) is 3.15. The molecule has 1 heterocycles. The van der Waals surface area contributed by atoms with E-state index in [2.05, 4.69) is 30.4 Å². The van der Waals surface area contributed by atoms with Crippen molar-refractivity contribution in [3.05, 3.63) is 83.4 Å². The monoisotopic (exact) mass is 342 g/mol. The Morgan fingerprint density at radius 1 is 0.962 bits per heavy atom. The Hall–Kier alpha value is -3.40. The Balaban J connectivity index is 1.76. The van der Waals surface area contributed by atoms with E-state index >= 15 is 0 Å². The van der Waals surface area contributed by atoms with Gasteiger partial charge >= 0.3 is 5.97 Å². The summed E-state index contributed by atoms with van der Waals surface area (Å²) < 4.78 is 0. The van der Waals surface area contributed by atoms with Crippen LogP contribution in [0.4, 0.5) is 5.69 Å². The number of rotatable bonds is 4. The van der Waals surface area contributed by atoms with Gasteiger partial charge < -0.3 is 10.4 Å². The highest BCUT2D eigenvalue weighted by Gasteiger charge is 2.09. The van der Waals surface area contributed by atoms with Gasteiger partial charge in [0.1, 0.15) is 0 Å². The van der Waals surface area contributed by atoms with Gasteiger partial charge in [-0.3, -0.25) is 0 Å². The van der Waals surface area contributed by atoms with E-state index in [1.165, 1.54) is 5.56 Å². The van der Waals surface area contributed by atoms with Crippen molar-refractivity contribution in [2.45, 2.75) is 13.5 Å². The van der Waals surface area contributed by atoms with E-state index < -0.39 is 5.97 Å². The van der Waals surface area contributed by atoms with Crippen LogP contribution in [0.15, 0.2) is 66.7 Å². The van der Waals surface area contributed by atoms with Gasteiger partial charge in [-0.05, 0) is 42.8 Å². The van der Waals surface area contributed by atoms with Crippen LogP contribution in [0.5, 0.6) is 0 Å². The number of nitrogens with zero attached hydrogens (tertiary/aromatic N) is 1. The highest BCUT2D eigenvalue weighted by atomic mass is 16.4. The predicted octanol–water partition coefficient (Wildman–Crippen LogP) is 5.01. The summed E-state index contributed by atoms with van der Waals surface area (Å²) in [6.07, 6.45) is 0. The summed E-state index contributed by atoms with van der Waals surface area (Å²) in [5.74, 6) is -0.911. The first-order valence-corrected chi connectivity index (χ1v) is 8.47. The number of para-hydroxylation sites is 1. The van der Waals surface area contributed by atoms with E-state index in [4.69, 9.17) is 10.1 Å². The molecular weight excluding hydrogens is 324 g/mol. The third-order valence-electron chi connectivity index (χ3n) is 4.51. The van der Waals surface area contributed by atoms with Gasteiger partial charge in [0.2, 0.25) is 0 Å². The number of nitrogens with one attached hydrogen (secondary N) is 1. The molecule has 0 aliphatic rings. The van der Waals surface area contributed by atoms with Crippen molar-refractivity contribution in [2.75, 3.05) is 5.32 Å². The molecule has 2 N–H and O–H groups in total. The highest BCUT2D eigenvalue weighted by Crippen LogP contribution is 2.31. The van der Waals surface area contributed by atoms with Crippen molar-refractivity contribution in [2.24, 2.45) is 0 Å². The molecule has 0 spiro atoms. The number of fused-ring (bicyclic) bond motifs is 2. The lowest BCUT2D eigenvalue weighted by Crippen LogP contribution is -2.03. The van der Waals surface area contributed by atoms with Gasteiger partial charge in [-0.1, -0.05) is 42.0 Å². The maximum absolute atomic E-state index is 11.0. The van der Waals surface area contributed by atoms with Crippen LogP contribution in [0.25, 0.3) is 21.8 Å². The number of aromatic nitrogens is 1. The molecule has 0 aliphatic heterocycles. The standard InChI is InChI=1S/C22H18N2O2/c1-14-6-11-20-18(12-14)21(17-4-2-3-5-19(17)24-20)23-13-15-7-9-16(10-8-15)22(25)26/h2-12H,13H2,1H3,(H,23,24)(H,25,26). The minimum absolute atomic E-state index is 0.296. The third kappa shape index (κ3) is 2.97. The molecule has 3 aromatic carbocycles. The molecule has 0 fully saturated rings. The summed E-state index contributed by atoms with van der Waals surface area (Å²) in [5.41, 5.74) is 5.46. The zero-order chi connectivity index (χ0) is 18.1. The summed E-state index contributed by atoms with van der Waals surface area (Å²) in [6.45, 7) is 2.68. The third-order valence-corrected chi connectivity index (χ3v) is 4.51. The molecule has 0 atom stereocenters. The van der Waals surface area contributed by atoms with Crippen LogP contribution >= 0.6 is 0 Å². The largest absolute Gasteiger partial charge is 0.478 e. The molecule has 0 radical (unpaired) electrons. The number of aromatic carboxylic acids is 1. The molecule has 0 saturated heterocycles. The van der Waals surface area contributed by atoms with E-state index in [-0.39, 0.29) is 0 Å². The first-order valence-electron chi connectivity index (χ1n) is 8.47. The molecule has 26 heavy (non-hydrogen) atoms. The van der Waals surface area contributed by atoms with Crippen molar-refractivity contribution < 1.29 is 9.90 Å². The van der Waals surface area contributed by atoms with Crippen LogP contribution in [0.2, 0.25) is 0 Å². The van der Waals surface area contributed by atoms with Crippen molar-refractivity contribution in [1.82, 2.24) is 4.98 Å². The molecular formula is C22H18N2O2. The number of carbonyl (C=O) groups is 1. The first-order chi connectivity index (χ1) is 12.6. The SMILES string of the molecule is Cc1ccc2nc3ccccc3c(NCc3ccc(C(=O)O)cc3)c2c1. The topological polar surface area (TPSA) is 62.2 Å². The zero-order valence-electron chi connectivity index (χ0n) is 14.4. The lowest BCUT2D eigenvalue weighted by atomic mass is 10.1. The van der Waals surface area contributed by atoms with E-state index in [1.807, 2.05) is 36.4 Å². The van der Waals surface area contributed by atoms with Gasteiger partial charge in [-0.15, -0.1) is 0 Å². The normalized spacial score (nSPS) is 11.0. The van der Waals surface area contributed by atoms with Crippen LogP contribution in [0.3, 0.4) is 0 Å². The number of aryl methyl sites for hydroxylation is 1. The maximum Gasteiger partial charge on any atom is 0.335 e. The minimum atomic E-state index is -0.911. The smallest absolute Gasteiger partial charge is 0.335 e. The van der Waals surface area contributed by atoms with Crippen LogP contribution < -0.4 is 5.32 Å².